The Labute approximate surface area is 152 Å². The van der Waals surface area contributed by atoms with Gasteiger partial charge in [0.15, 0.2) is 0 Å². The van der Waals surface area contributed by atoms with Crippen LogP contribution < -0.4 is 4.74 Å². The Morgan fingerprint density at radius 3 is 2.64 bits per heavy atom. The zero-order valence-corrected chi connectivity index (χ0v) is 15.5. The summed E-state index contributed by atoms with van der Waals surface area (Å²) >= 11 is 1.44. The van der Waals surface area contributed by atoms with Crippen LogP contribution in [0.1, 0.15) is 19.8 Å². The fourth-order valence-electron chi connectivity index (χ4n) is 2.88. The number of carbonyl (C=O) groups is 1. The number of para-hydroxylation sites is 1. The van der Waals surface area contributed by atoms with Gasteiger partial charge in [-0.25, -0.2) is 0 Å². The summed E-state index contributed by atoms with van der Waals surface area (Å²) < 4.78 is 5.36. The second kappa shape index (κ2) is 8.34. The minimum Gasteiger partial charge on any atom is -0.496 e. The minimum atomic E-state index is 0.188. The smallest absolute Gasteiger partial charge is 0.232 e. The molecule has 0 radical (unpaired) electrons. The third kappa shape index (κ3) is 4.51. The van der Waals surface area contributed by atoms with E-state index in [2.05, 4.69) is 17.1 Å². The number of benzene rings is 1. The van der Waals surface area contributed by atoms with Crippen molar-refractivity contribution in [3.05, 3.63) is 36.4 Å². The predicted molar refractivity (Wildman–Crippen MR) is 99.7 cm³/mol. The van der Waals surface area contributed by atoms with Crippen LogP contribution in [0.15, 0.2) is 41.4 Å². The summed E-state index contributed by atoms with van der Waals surface area (Å²) in [5.41, 5.74) is 1.67. The van der Waals surface area contributed by atoms with E-state index in [9.17, 15) is 4.79 Å². The van der Waals surface area contributed by atoms with E-state index in [1.807, 2.05) is 41.3 Å². The number of hydrogen-bond acceptors (Lipinski definition) is 5. The lowest BCUT2D eigenvalue weighted by atomic mass is 9.99. The van der Waals surface area contributed by atoms with Crippen LogP contribution in [0.25, 0.3) is 11.3 Å². The molecule has 1 aliphatic rings. The molecule has 1 fully saturated rings. The largest absolute Gasteiger partial charge is 0.496 e. The van der Waals surface area contributed by atoms with Crippen LogP contribution in [0.3, 0.4) is 0 Å². The quantitative estimate of drug-likeness (QED) is 0.767. The summed E-state index contributed by atoms with van der Waals surface area (Å²) in [6.07, 6.45) is 2.20. The molecule has 0 bridgehead atoms. The number of carbonyl (C=O) groups excluding carboxylic acids is 1. The zero-order chi connectivity index (χ0) is 17.6. The van der Waals surface area contributed by atoms with Gasteiger partial charge in [-0.05, 0) is 43.0 Å². The Morgan fingerprint density at radius 1 is 1.20 bits per heavy atom. The van der Waals surface area contributed by atoms with Crippen LogP contribution in [0.2, 0.25) is 0 Å². The minimum absolute atomic E-state index is 0.188. The monoisotopic (exact) mass is 357 g/mol. The Hall–Kier alpha value is -2.08. The highest BCUT2D eigenvalue weighted by molar-refractivity contribution is 7.99. The summed E-state index contributed by atoms with van der Waals surface area (Å²) in [6, 6.07) is 11.5. The van der Waals surface area contributed by atoms with Gasteiger partial charge in [0, 0.05) is 18.7 Å². The number of aromatic nitrogens is 2. The topological polar surface area (TPSA) is 55.3 Å². The lowest BCUT2D eigenvalue weighted by Crippen LogP contribution is -2.38. The summed E-state index contributed by atoms with van der Waals surface area (Å²) in [6.45, 7) is 3.99. The molecule has 1 amide bonds. The summed E-state index contributed by atoms with van der Waals surface area (Å²) in [7, 11) is 1.64. The molecule has 0 aliphatic carbocycles. The molecule has 6 heteroatoms. The lowest BCUT2D eigenvalue weighted by molar-refractivity contribution is -0.129. The molecule has 1 aliphatic heterocycles. The first-order valence-electron chi connectivity index (χ1n) is 8.55. The van der Waals surface area contributed by atoms with Crippen molar-refractivity contribution in [2.75, 3.05) is 26.0 Å². The molecule has 2 aromatic rings. The van der Waals surface area contributed by atoms with Crippen molar-refractivity contribution in [1.29, 1.82) is 0 Å². The third-order valence-electron chi connectivity index (χ3n) is 4.50. The number of rotatable bonds is 5. The molecule has 5 nitrogen and oxygen atoms in total. The van der Waals surface area contributed by atoms with Gasteiger partial charge in [-0.2, -0.15) is 0 Å². The highest BCUT2D eigenvalue weighted by atomic mass is 32.2. The van der Waals surface area contributed by atoms with E-state index >= 15 is 0 Å². The lowest BCUT2D eigenvalue weighted by Gasteiger charge is -2.30. The fourth-order valence-corrected chi connectivity index (χ4v) is 3.60. The van der Waals surface area contributed by atoms with Crippen LogP contribution in [-0.2, 0) is 4.79 Å². The molecule has 1 aromatic carbocycles. The average molecular weight is 357 g/mol. The van der Waals surface area contributed by atoms with Crippen LogP contribution in [-0.4, -0.2) is 47.0 Å². The maximum absolute atomic E-state index is 12.3. The van der Waals surface area contributed by atoms with E-state index in [0.717, 1.165) is 53.9 Å². The van der Waals surface area contributed by atoms with Crippen molar-refractivity contribution in [2.45, 2.75) is 24.8 Å². The highest BCUT2D eigenvalue weighted by Crippen LogP contribution is 2.28. The van der Waals surface area contributed by atoms with E-state index in [1.165, 1.54) is 11.8 Å². The zero-order valence-electron chi connectivity index (χ0n) is 14.6. The summed E-state index contributed by atoms with van der Waals surface area (Å²) in [5.74, 6) is 2.10. The number of nitrogens with zero attached hydrogens (tertiary/aromatic N) is 3. The van der Waals surface area contributed by atoms with E-state index in [-0.39, 0.29) is 5.91 Å². The van der Waals surface area contributed by atoms with Gasteiger partial charge < -0.3 is 9.64 Å². The molecule has 1 aromatic heterocycles. The van der Waals surface area contributed by atoms with Crippen LogP contribution in [0, 0.1) is 5.92 Å². The molecule has 1 saturated heterocycles. The van der Waals surface area contributed by atoms with E-state index < -0.39 is 0 Å². The van der Waals surface area contributed by atoms with Gasteiger partial charge in [0.05, 0.1) is 18.6 Å². The molecule has 0 unspecified atom stereocenters. The van der Waals surface area contributed by atoms with Gasteiger partial charge in [-0.3, -0.25) is 4.79 Å². The van der Waals surface area contributed by atoms with Gasteiger partial charge in [-0.15, -0.1) is 10.2 Å². The van der Waals surface area contributed by atoms with Gasteiger partial charge in [-0.1, -0.05) is 30.8 Å². The molecule has 0 atom stereocenters. The van der Waals surface area contributed by atoms with E-state index in [0.29, 0.717) is 5.75 Å². The molecular weight excluding hydrogens is 334 g/mol. The maximum Gasteiger partial charge on any atom is 0.232 e. The second-order valence-corrected chi connectivity index (χ2v) is 7.30. The molecule has 25 heavy (non-hydrogen) atoms. The number of likely N-dealkylation sites (tertiary alicyclic amines) is 1. The number of piperidine rings is 1. The first-order chi connectivity index (χ1) is 12.2. The van der Waals surface area contributed by atoms with Crippen LogP contribution in [0.5, 0.6) is 5.75 Å². The Bertz CT molecular complexity index is 713. The van der Waals surface area contributed by atoms with Gasteiger partial charge in [0.25, 0.3) is 0 Å². The van der Waals surface area contributed by atoms with Crippen molar-refractivity contribution < 1.29 is 9.53 Å². The molecule has 132 valence electrons. The third-order valence-corrected chi connectivity index (χ3v) is 5.41. The second-order valence-electron chi connectivity index (χ2n) is 6.31. The first kappa shape index (κ1) is 17.7. The number of thioether (sulfide) groups is 1. The van der Waals surface area contributed by atoms with Crippen LogP contribution in [0.4, 0.5) is 0 Å². The fraction of sp³-hybridized carbons (Fsp3) is 0.421. The number of amides is 1. The molecule has 0 N–H and O–H groups in total. The number of hydrogen-bond donors (Lipinski definition) is 0. The average Bonchev–Trinajstić information content (AvgIpc) is 2.67. The van der Waals surface area contributed by atoms with Crippen molar-refractivity contribution in [3.63, 3.8) is 0 Å². The first-order valence-corrected chi connectivity index (χ1v) is 9.53. The molecule has 0 spiro atoms. The SMILES string of the molecule is COc1ccccc1-c1ccc(SCC(=O)N2CCC(C)CC2)nn1. The van der Waals surface area contributed by atoms with E-state index in [4.69, 9.17) is 4.74 Å². The van der Waals surface area contributed by atoms with Crippen molar-refractivity contribution in [2.24, 2.45) is 5.92 Å². The molecule has 3 rings (SSSR count). The molecular formula is C19H23N3O2S. The Morgan fingerprint density at radius 2 is 1.96 bits per heavy atom. The highest BCUT2D eigenvalue weighted by Gasteiger charge is 2.20. The summed E-state index contributed by atoms with van der Waals surface area (Å²) in [4.78, 5) is 14.3. The number of ether oxygens (including phenoxy) is 1. The Kier molecular flexibility index (Phi) is 5.91. The predicted octanol–water partition coefficient (Wildman–Crippen LogP) is 3.50. The summed E-state index contributed by atoms with van der Waals surface area (Å²) in [5, 5.41) is 9.29. The maximum atomic E-state index is 12.3. The van der Waals surface area contributed by atoms with Crippen molar-refractivity contribution in [3.8, 4) is 17.0 Å². The normalized spacial score (nSPS) is 15.2. The molecule has 0 saturated carbocycles. The number of methoxy groups -OCH3 is 1. The van der Waals surface area contributed by atoms with Crippen LogP contribution >= 0.6 is 11.8 Å². The standard InChI is InChI=1S/C19H23N3O2S/c1-14-9-11-22(12-10-14)19(23)13-25-18-8-7-16(20-21-18)15-5-3-4-6-17(15)24-2/h3-8,14H,9-13H2,1-2H3. The molecule has 2 heterocycles. The Balaban J connectivity index is 1.58. The van der Waals surface area contributed by atoms with Gasteiger partial charge >= 0.3 is 0 Å². The van der Waals surface area contributed by atoms with Gasteiger partial charge in [0.2, 0.25) is 5.91 Å². The van der Waals surface area contributed by atoms with E-state index in [1.54, 1.807) is 7.11 Å². The van der Waals surface area contributed by atoms with Crippen molar-refractivity contribution >= 4 is 17.7 Å². The van der Waals surface area contributed by atoms with Gasteiger partial charge in [0.1, 0.15) is 10.8 Å². The van der Waals surface area contributed by atoms with Crippen molar-refractivity contribution in [1.82, 2.24) is 15.1 Å².